The maximum Gasteiger partial charge on any atom is 0.336 e. The molecule has 1 aliphatic rings. The number of imide groups is 1. The van der Waals surface area contributed by atoms with Crippen LogP contribution in [0.1, 0.15) is 99.3 Å². The van der Waals surface area contributed by atoms with E-state index in [0.717, 1.165) is 0 Å². The second kappa shape index (κ2) is 23.3. The van der Waals surface area contributed by atoms with E-state index in [2.05, 4.69) is 5.32 Å². The third-order valence-corrected chi connectivity index (χ3v) is 7.40. The molecule has 9 N–H and O–H groups in total. The molecule has 1 aliphatic heterocycles. The average Bonchev–Trinajstić information content (AvgIpc) is 3.27. The molecule has 0 saturated carbocycles. The minimum atomic E-state index is -1.01. The number of aliphatic carboxylic acids is 2. The zero-order valence-corrected chi connectivity index (χ0v) is 27.8. The van der Waals surface area contributed by atoms with Gasteiger partial charge in [-0.25, -0.2) is 9.59 Å². The minimum absolute atomic E-state index is 0.0229. The van der Waals surface area contributed by atoms with E-state index in [1.54, 1.807) is 6.92 Å². The third-order valence-electron chi connectivity index (χ3n) is 7.40. The number of carbonyl (C=O) groups is 8. The standard InChI is InChI=1S/C13H24N2O4.C10H15NO4.C7H14N2O3/c1-8(2)9(3)11(16)7-10(12(17)18)5-4-6-15-13(14)19;1-6(2)7(3)10(14)15-11-8(12)4-5-9(11)13;8-5(7(11)12)3-1-2-4-6(9)10/h8-10H,4-7H2,1-3H3,(H,17,18)(H3,14,15,19);6-7H,4-5H2,1-3H3;5H,1-4,8H2,(H2,9,10)(H,11,12)/t9?,10-;;/m1../s1. The molecule has 0 radical (unpaired) electrons. The SMILES string of the molecule is CC(C)C(C)C(=O)C[C@@H](CCCNC(N)=O)C(=O)O.CC(C)C(C)C(=O)ON1C(=O)CCC1=O.NC(=O)CCCCC(N)C(=O)O. The molecular formula is C30H53N5O11. The Morgan fingerprint density at radius 3 is 1.74 bits per heavy atom. The van der Waals surface area contributed by atoms with Gasteiger partial charge in [-0.15, -0.1) is 5.06 Å². The number of ketones is 1. The largest absolute Gasteiger partial charge is 0.481 e. The van der Waals surface area contributed by atoms with Crippen molar-refractivity contribution < 1.29 is 53.4 Å². The topological polar surface area (TPSA) is 280 Å². The first-order chi connectivity index (χ1) is 21.2. The molecule has 1 rings (SSSR count). The number of amides is 5. The van der Waals surface area contributed by atoms with E-state index in [1.807, 2.05) is 34.6 Å². The molecular weight excluding hydrogens is 606 g/mol. The number of Topliss-reactive ketones (excluding diaryl/α,β-unsaturated/α-hetero) is 1. The summed E-state index contributed by atoms with van der Waals surface area (Å²) in [6.07, 6.45) is 3.06. The average molecular weight is 660 g/mol. The van der Waals surface area contributed by atoms with Crippen LogP contribution in [0.25, 0.3) is 0 Å². The molecule has 264 valence electrons. The van der Waals surface area contributed by atoms with Gasteiger partial charge in [0.25, 0.3) is 11.8 Å². The van der Waals surface area contributed by atoms with E-state index in [1.165, 1.54) is 0 Å². The van der Waals surface area contributed by atoms with Crippen LogP contribution in [0.15, 0.2) is 0 Å². The number of hydrogen-bond acceptors (Lipinski definition) is 10. The lowest BCUT2D eigenvalue weighted by Gasteiger charge is -2.18. The molecule has 0 bridgehead atoms. The lowest BCUT2D eigenvalue weighted by Crippen LogP contribution is -2.35. The van der Waals surface area contributed by atoms with Crippen molar-refractivity contribution >= 4 is 47.4 Å². The number of nitrogens with zero attached hydrogens (tertiary/aromatic N) is 1. The Kier molecular flexibility index (Phi) is 22.3. The summed E-state index contributed by atoms with van der Waals surface area (Å²) < 4.78 is 0. The number of unbranched alkanes of at least 4 members (excludes halogenated alkanes) is 1. The fourth-order valence-corrected chi connectivity index (χ4v) is 3.56. The first-order valence-electron chi connectivity index (χ1n) is 15.4. The highest BCUT2D eigenvalue weighted by Gasteiger charge is 2.34. The van der Waals surface area contributed by atoms with Crippen LogP contribution in [0.2, 0.25) is 0 Å². The summed E-state index contributed by atoms with van der Waals surface area (Å²) in [5.41, 5.74) is 15.0. The molecule has 1 saturated heterocycles. The van der Waals surface area contributed by atoms with Crippen molar-refractivity contribution in [2.75, 3.05) is 6.54 Å². The summed E-state index contributed by atoms with van der Waals surface area (Å²) in [6.45, 7) is 11.5. The molecule has 4 atom stereocenters. The van der Waals surface area contributed by atoms with Crippen LogP contribution >= 0.6 is 0 Å². The Labute approximate surface area is 270 Å². The number of urea groups is 1. The number of rotatable bonds is 18. The fraction of sp³-hybridized carbons (Fsp3) is 0.733. The predicted molar refractivity (Wildman–Crippen MR) is 166 cm³/mol. The van der Waals surface area contributed by atoms with Crippen LogP contribution in [0.4, 0.5) is 4.79 Å². The number of carboxylic acid groups (broad SMARTS) is 2. The van der Waals surface area contributed by atoms with Crippen molar-refractivity contribution in [1.82, 2.24) is 10.4 Å². The van der Waals surface area contributed by atoms with Crippen molar-refractivity contribution in [2.45, 2.75) is 105 Å². The number of nitrogens with two attached hydrogens (primary N) is 3. The number of hydrogen-bond donors (Lipinski definition) is 6. The van der Waals surface area contributed by atoms with Crippen LogP contribution in [-0.4, -0.2) is 75.3 Å². The predicted octanol–water partition coefficient (Wildman–Crippen LogP) is 1.72. The highest BCUT2D eigenvalue weighted by Crippen LogP contribution is 2.20. The van der Waals surface area contributed by atoms with Gasteiger partial charge in [0.2, 0.25) is 5.91 Å². The Morgan fingerprint density at radius 2 is 1.33 bits per heavy atom. The highest BCUT2D eigenvalue weighted by molar-refractivity contribution is 6.01. The van der Waals surface area contributed by atoms with E-state index in [-0.39, 0.29) is 54.6 Å². The van der Waals surface area contributed by atoms with Crippen molar-refractivity contribution in [1.29, 1.82) is 0 Å². The lowest BCUT2D eigenvalue weighted by molar-refractivity contribution is -0.201. The third kappa shape index (κ3) is 20.0. The first kappa shape index (κ1) is 44.0. The fourth-order valence-electron chi connectivity index (χ4n) is 3.56. The van der Waals surface area contributed by atoms with Crippen LogP contribution < -0.4 is 22.5 Å². The van der Waals surface area contributed by atoms with Gasteiger partial charge in [0.1, 0.15) is 11.8 Å². The zero-order valence-electron chi connectivity index (χ0n) is 27.8. The Hall–Kier alpha value is -4.08. The molecule has 0 aliphatic carbocycles. The monoisotopic (exact) mass is 659 g/mol. The molecule has 3 unspecified atom stereocenters. The number of carboxylic acids is 2. The molecule has 46 heavy (non-hydrogen) atoms. The van der Waals surface area contributed by atoms with E-state index in [0.29, 0.717) is 50.1 Å². The number of hydroxylamine groups is 2. The smallest absolute Gasteiger partial charge is 0.336 e. The van der Waals surface area contributed by atoms with Gasteiger partial charge in [0.05, 0.1) is 11.8 Å². The normalized spacial score (nSPS) is 15.0. The van der Waals surface area contributed by atoms with Gasteiger partial charge >= 0.3 is 23.9 Å². The second-order valence-electron chi connectivity index (χ2n) is 11.9. The van der Waals surface area contributed by atoms with Crippen molar-refractivity contribution in [3.05, 3.63) is 0 Å². The zero-order chi connectivity index (χ0) is 36.1. The van der Waals surface area contributed by atoms with E-state index in [4.69, 9.17) is 32.3 Å². The Morgan fingerprint density at radius 1 is 0.804 bits per heavy atom. The quantitative estimate of drug-likeness (QED) is 0.0906. The van der Waals surface area contributed by atoms with Gasteiger partial charge < -0.3 is 37.6 Å². The van der Waals surface area contributed by atoms with Crippen LogP contribution in [-0.2, 0) is 38.4 Å². The lowest BCUT2D eigenvalue weighted by atomic mass is 9.87. The Balaban J connectivity index is 0. The summed E-state index contributed by atoms with van der Waals surface area (Å²) in [6, 6.07) is -1.45. The molecule has 0 aromatic heterocycles. The molecule has 0 aromatic carbocycles. The molecule has 1 fully saturated rings. The van der Waals surface area contributed by atoms with E-state index >= 15 is 0 Å². The van der Waals surface area contributed by atoms with Gasteiger partial charge in [0, 0.05) is 38.1 Å². The van der Waals surface area contributed by atoms with Crippen LogP contribution in [0.5, 0.6) is 0 Å². The number of nitrogens with one attached hydrogen (secondary N) is 1. The molecule has 5 amide bonds. The van der Waals surface area contributed by atoms with Crippen LogP contribution in [0.3, 0.4) is 0 Å². The van der Waals surface area contributed by atoms with Gasteiger partial charge in [-0.2, -0.15) is 0 Å². The molecule has 0 aromatic rings. The molecule has 1 heterocycles. The van der Waals surface area contributed by atoms with Crippen molar-refractivity contribution in [2.24, 2.45) is 46.8 Å². The molecule has 16 heteroatoms. The van der Waals surface area contributed by atoms with E-state index < -0.39 is 47.7 Å². The number of carbonyl (C=O) groups excluding carboxylic acids is 6. The van der Waals surface area contributed by atoms with Gasteiger partial charge in [-0.1, -0.05) is 48.0 Å². The minimum Gasteiger partial charge on any atom is -0.481 e. The van der Waals surface area contributed by atoms with Crippen molar-refractivity contribution in [3.63, 3.8) is 0 Å². The summed E-state index contributed by atoms with van der Waals surface area (Å²) in [5.74, 6) is -4.60. The summed E-state index contributed by atoms with van der Waals surface area (Å²) in [4.78, 5) is 92.4. The molecule has 0 spiro atoms. The molecule has 16 nitrogen and oxygen atoms in total. The highest BCUT2D eigenvalue weighted by atomic mass is 16.7. The maximum atomic E-state index is 11.9. The van der Waals surface area contributed by atoms with Crippen molar-refractivity contribution in [3.8, 4) is 0 Å². The second-order valence-corrected chi connectivity index (χ2v) is 11.9. The summed E-state index contributed by atoms with van der Waals surface area (Å²) in [7, 11) is 0. The first-order valence-corrected chi connectivity index (χ1v) is 15.4. The van der Waals surface area contributed by atoms with Crippen LogP contribution in [0, 0.1) is 29.6 Å². The van der Waals surface area contributed by atoms with Gasteiger partial charge in [0.15, 0.2) is 0 Å². The van der Waals surface area contributed by atoms with Gasteiger partial charge in [-0.05, 0) is 37.5 Å². The summed E-state index contributed by atoms with van der Waals surface area (Å²) in [5, 5.41) is 20.4. The Bertz CT molecular complexity index is 1030. The van der Waals surface area contributed by atoms with Gasteiger partial charge in [-0.3, -0.25) is 28.8 Å². The maximum absolute atomic E-state index is 11.9. The summed E-state index contributed by atoms with van der Waals surface area (Å²) >= 11 is 0. The number of primary amides is 2. The van der Waals surface area contributed by atoms with E-state index in [9.17, 15) is 38.4 Å².